The van der Waals surface area contributed by atoms with Crippen molar-refractivity contribution in [2.75, 3.05) is 39.5 Å². The molecule has 1 aliphatic carbocycles. The van der Waals surface area contributed by atoms with E-state index in [4.69, 9.17) is 27.9 Å². The number of aryl methyl sites for hydroxylation is 1. The molecule has 1 unspecified atom stereocenters. The SMILES string of the molecule is CC.CSN1CCN(C(=O)N2CC=C(c3ccc4c(c3)C(N(C)C(=O)OCc3cc(Cl)cc(Cl)c3)CC4)CC2)C1=O. The van der Waals surface area contributed by atoms with Crippen molar-refractivity contribution >= 4 is 58.9 Å². The molecule has 220 valence electrons. The number of carbonyl (C=O) groups is 3. The minimum Gasteiger partial charge on any atom is -0.445 e. The lowest BCUT2D eigenvalue weighted by Crippen LogP contribution is -2.46. The number of amides is 5. The number of rotatable bonds is 5. The maximum Gasteiger partial charge on any atom is 0.410 e. The Bertz CT molecular complexity index is 1320. The number of ether oxygens (including phenoxy) is 1. The van der Waals surface area contributed by atoms with E-state index in [1.807, 2.05) is 20.1 Å². The van der Waals surface area contributed by atoms with Gasteiger partial charge in [-0.15, -0.1) is 0 Å². The summed E-state index contributed by atoms with van der Waals surface area (Å²) < 4.78 is 7.16. The van der Waals surface area contributed by atoms with Gasteiger partial charge in [-0.05, 0) is 83.3 Å². The smallest absolute Gasteiger partial charge is 0.410 e. The van der Waals surface area contributed by atoms with E-state index in [1.165, 1.54) is 22.4 Å². The van der Waals surface area contributed by atoms with Crippen molar-refractivity contribution in [3.05, 3.63) is 74.8 Å². The molecule has 1 atom stereocenters. The summed E-state index contributed by atoms with van der Waals surface area (Å²) in [6.45, 7) is 6.06. The van der Waals surface area contributed by atoms with E-state index in [0.717, 1.165) is 35.1 Å². The number of fused-ring (bicyclic) bond motifs is 1. The Morgan fingerprint density at radius 2 is 1.78 bits per heavy atom. The van der Waals surface area contributed by atoms with Gasteiger partial charge in [-0.2, -0.15) is 0 Å². The molecule has 0 bridgehead atoms. The quantitative estimate of drug-likeness (QED) is 0.324. The molecular formula is C30H36Cl2N4O4S. The highest BCUT2D eigenvalue weighted by molar-refractivity contribution is 7.96. The second kappa shape index (κ2) is 13.9. The van der Waals surface area contributed by atoms with Gasteiger partial charge in [-0.25, -0.2) is 19.3 Å². The van der Waals surface area contributed by atoms with Crippen LogP contribution in [0.3, 0.4) is 0 Å². The third-order valence-electron chi connectivity index (χ3n) is 7.50. The topological polar surface area (TPSA) is 73.4 Å². The minimum absolute atomic E-state index is 0.0850. The zero-order chi connectivity index (χ0) is 29.7. The number of benzene rings is 2. The van der Waals surface area contributed by atoms with Crippen molar-refractivity contribution in [3.8, 4) is 0 Å². The van der Waals surface area contributed by atoms with Gasteiger partial charge in [0.05, 0.1) is 19.1 Å². The summed E-state index contributed by atoms with van der Waals surface area (Å²) >= 11 is 13.5. The van der Waals surface area contributed by atoms with E-state index in [9.17, 15) is 14.4 Å². The summed E-state index contributed by atoms with van der Waals surface area (Å²) in [5.74, 6) is 0. The van der Waals surface area contributed by atoms with E-state index in [-0.39, 0.29) is 24.7 Å². The highest BCUT2D eigenvalue weighted by Gasteiger charge is 2.36. The number of hydrogen-bond acceptors (Lipinski definition) is 5. The van der Waals surface area contributed by atoms with Crippen LogP contribution in [-0.4, -0.2) is 76.6 Å². The van der Waals surface area contributed by atoms with Gasteiger partial charge in [0.25, 0.3) is 0 Å². The van der Waals surface area contributed by atoms with Gasteiger partial charge >= 0.3 is 18.2 Å². The van der Waals surface area contributed by atoms with Crippen LogP contribution in [0.1, 0.15) is 55.0 Å². The molecule has 2 aromatic rings. The molecular weight excluding hydrogens is 583 g/mol. The van der Waals surface area contributed by atoms with Gasteiger partial charge in [0, 0.05) is 36.4 Å². The fourth-order valence-corrected chi connectivity index (χ4v) is 6.48. The van der Waals surface area contributed by atoms with Crippen molar-refractivity contribution in [2.24, 2.45) is 0 Å². The van der Waals surface area contributed by atoms with Crippen molar-refractivity contribution in [1.82, 2.24) is 19.0 Å². The summed E-state index contributed by atoms with van der Waals surface area (Å²) in [7, 11) is 1.76. The van der Waals surface area contributed by atoms with E-state index in [2.05, 4.69) is 24.3 Å². The third-order valence-corrected chi connectivity index (χ3v) is 8.72. The molecule has 5 rings (SSSR count). The van der Waals surface area contributed by atoms with Crippen molar-refractivity contribution < 1.29 is 19.1 Å². The van der Waals surface area contributed by atoms with E-state index in [0.29, 0.717) is 42.6 Å². The predicted octanol–water partition coefficient (Wildman–Crippen LogP) is 7.50. The molecule has 1 saturated heterocycles. The largest absolute Gasteiger partial charge is 0.445 e. The molecule has 2 heterocycles. The van der Waals surface area contributed by atoms with E-state index in [1.54, 1.807) is 39.4 Å². The van der Waals surface area contributed by atoms with Gasteiger partial charge < -0.3 is 14.5 Å². The zero-order valence-electron chi connectivity index (χ0n) is 23.9. The first-order valence-corrected chi connectivity index (χ1v) is 15.8. The summed E-state index contributed by atoms with van der Waals surface area (Å²) in [6.07, 6.45) is 5.90. The Hall–Kier alpha value is -2.88. The molecule has 11 heteroatoms. The van der Waals surface area contributed by atoms with Crippen LogP contribution < -0.4 is 0 Å². The standard InChI is InChI=1S/C28H30Cl2N4O4S.C2H6/c1-31(28(37)38-17-18-13-22(29)16-23(30)14-18)25-6-5-20-3-4-21(15-24(20)25)19-7-9-32(10-8-19)26(35)33-11-12-34(39-2)27(33)36;1-2/h3-4,7,13-16,25H,5-6,8-12,17H2,1-2H3;1-2H3. The van der Waals surface area contributed by atoms with Gasteiger partial charge in [0.15, 0.2) is 0 Å². The molecule has 0 spiro atoms. The number of halogens is 2. The fraction of sp³-hybridized carbons (Fsp3) is 0.433. The molecule has 0 aromatic heterocycles. The normalized spacial score (nSPS) is 18.0. The highest BCUT2D eigenvalue weighted by atomic mass is 35.5. The molecule has 3 aliphatic rings. The third kappa shape index (κ3) is 6.96. The summed E-state index contributed by atoms with van der Waals surface area (Å²) in [5.41, 5.74) is 5.33. The Balaban J connectivity index is 0.00000189. The lowest BCUT2D eigenvalue weighted by atomic mass is 9.95. The molecule has 8 nitrogen and oxygen atoms in total. The number of carbonyl (C=O) groups excluding carboxylic acids is 3. The second-order valence-corrected chi connectivity index (χ2v) is 11.5. The lowest BCUT2D eigenvalue weighted by Gasteiger charge is -2.30. The number of nitrogens with zero attached hydrogens (tertiary/aromatic N) is 4. The van der Waals surface area contributed by atoms with Crippen molar-refractivity contribution in [2.45, 2.75) is 45.8 Å². The average Bonchev–Trinajstić information content (AvgIpc) is 3.58. The minimum atomic E-state index is -0.406. The van der Waals surface area contributed by atoms with Crippen LogP contribution in [0.25, 0.3) is 5.57 Å². The highest BCUT2D eigenvalue weighted by Crippen LogP contribution is 2.38. The average molecular weight is 620 g/mol. The second-order valence-electron chi connectivity index (χ2n) is 9.84. The molecule has 2 aromatic carbocycles. The Kier molecular flexibility index (Phi) is 10.5. The van der Waals surface area contributed by atoms with E-state index >= 15 is 0 Å². The first-order chi connectivity index (χ1) is 19.7. The Morgan fingerprint density at radius 3 is 2.41 bits per heavy atom. The summed E-state index contributed by atoms with van der Waals surface area (Å²) in [6, 6.07) is 10.9. The maximum absolute atomic E-state index is 12.9. The molecule has 0 N–H and O–H groups in total. The maximum atomic E-state index is 12.9. The molecule has 1 fully saturated rings. The van der Waals surface area contributed by atoms with Crippen molar-refractivity contribution in [1.29, 1.82) is 0 Å². The number of urea groups is 2. The van der Waals surface area contributed by atoms with Crippen LogP contribution in [0, 0.1) is 0 Å². The van der Waals surface area contributed by atoms with Crippen LogP contribution in [0.2, 0.25) is 10.0 Å². The van der Waals surface area contributed by atoms with Gasteiger partial charge in [0.1, 0.15) is 6.61 Å². The van der Waals surface area contributed by atoms with Crippen LogP contribution in [0.15, 0.2) is 42.5 Å². The van der Waals surface area contributed by atoms with Crippen LogP contribution >= 0.6 is 35.1 Å². The first-order valence-electron chi connectivity index (χ1n) is 13.8. The van der Waals surface area contributed by atoms with Crippen LogP contribution in [-0.2, 0) is 17.8 Å². The lowest BCUT2D eigenvalue weighted by molar-refractivity contribution is 0.0909. The summed E-state index contributed by atoms with van der Waals surface area (Å²) in [4.78, 5) is 42.9. The zero-order valence-corrected chi connectivity index (χ0v) is 26.2. The Labute approximate surface area is 256 Å². The van der Waals surface area contributed by atoms with E-state index < -0.39 is 6.09 Å². The van der Waals surface area contributed by atoms with Crippen molar-refractivity contribution in [3.63, 3.8) is 0 Å². The number of imide groups is 1. The molecule has 2 aliphatic heterocycles. The molecule has 0 radical (unpaired) electrons. The molecule has 0 saturated carbocycles. The predicted molar refractivity (Wildman–Crippen MR) is 165 cm³/mol. The van der Waals surface area contributed by atoms with Crippen LogP contribution in [0.4, 0.5) is 14.4 Å². The molecule has 41 heavy (non-hydrogen) atoms. The van der Waals surface area contributed by atoms with Gasteiger partial charge in [0.2, 0.25) is 0 Å². The summed E-state index contributed by atoms with van der Waals surface area (Å²) in [5, 5.41) is 0.992. The molecule has 5 amide bonds. The van der Waals surface area contributed by atoms with Crippen LogP contribution in [0.5, 0.6) is 0 Å². The van der Waals surface area contributed by atoms with Gasteiger partial charge in [-0.3, -0.25) is 4.31 Å². The fourth-order valence-electron chi connectivity index (χ4n) is 5.39. The Morgan fingerprint density at radius 1 is 1.05 bits per heavy atom. The first kappa shape index (κ1) is 31.1. The van der Waals surface area contributed by atoms with Gasteiger partial charge in [-0.1, -0.05) is 55.3 Å². The monoisotopic (exact) mass is 618 g/mol. The number of hydrogen-bond donors (Lipinski definition) is 0.